The lowest BCUT2D eigenvalue weighted by atomic mass is 9.75. The van der Waals surface area contributed by atoms with E-state index >= 15 is 0 Å². The Morgan fingerprint density at radius 1 is 1.10 bits per heavy atom. The quantitative estimate of drug-likeness (QED) is 0.330. The molecule has 2 N–H and O–H groups in total. The molecule has 1 heterocycles. The predicted octanol–water partition coefficient (Wildman–Crippen LogP) is 8.31. The zero-order valence-corrected chi connectivity index (χ0v) is 20.9. The number of benzene rings is 1. The molecule has 1 aliphatic heterocycles. The predicted molar refractivity (Wildman–Crippen MR) is 143 cm³/mol. The highest BCUT2D eigenvalue weighted by Gasteiger charge is 2.37. The Labute approximate surface area is 189 Å². The van der Waals surface area contributed by atoms with Crippen LogP contribution < -0.4 is 10.6 Å². The van der Waals surface area contributed by atoms with Gasteiger partial charge in [-0.15, -0.1) is 26.3 Å². The van der Waals surface area contributed by atoms with Gasteiger partial charge < -0.3 is 10.6 Å². The van der Waals surface area contributed by atoms with Crippen LogP contribution in [-0.4, -0.2) is 20.1 Å². The second-order valence-electron chi connectivity index (χ2n) is 6.65. The number of nitrogens with one attached hydrogen (secondary N) is 2. The summed E-state index contributed by atoms with van der Waals surface area (Å²) in [5.41, 5.74) is 4.43. The van der Waals surface area contributed by atoms with Crippen molar-refractivity contribution in [2.24, 2.45) is 0 Å². The fourth-order valence-electron chi connectivity index (χ4n) is 3.26. The summed E-state index contributed by atoms with van der Waals surface area (Å²) >= 11 is 0. The first-order valence-electron chi connectivity index (χ1n) is 11.4. The summed E-state index contributed by atoms with van der Waals surface area (Å²) in [4.78, 5) is 0. The van der Waals surface area contributed by atoms with Crippen LogP contribution in [0.25, 0.3) is 0 Å². The topological polar surface area (TPSA) is 24.1 Å². The molecule has 0 aliphatic carbocycles. The van der Waals surface area contributed by atoms with Gasteiger partial charge in [-0.05, 0) is 51.4 Å². The first-order chi connectivity index (χ1) is 14.6. The van der Waals surface area contributed by atoms with Gasteiger partial charge in [0, 0.05) is 17.6 Å². The third kappa shape index (κ3) is 12.5. The van der Waals surface area contributed by atoms with E-state index < -0.39 is 0 Å². The maximum absolute atomic E-state index is 3.78. The van der Waals surface area contributed by atoms with Crippen LogP contribution in [0, 0.1) is 0 Å². The number of hydrogen-bond donors (Lipinski definition) is 2. The van der Waals surface area contributed by atoms with E-state index in [2.05, 4.69) is 81.6 Å². The lowest BCUT2D eigenvalue weighted by molar-refractivity contribution is 0.382. The number of para-hydroxylation sites is 1. The lowest BCUT2D eigenvalue weighted by Crippen LogP contribution is -2.32. The molecule has 1 aromatic carbocycles. The van der Waals surface area contributed by atoms with Crippen molar-refractivity contribution in [2.75, 3.05) is 25.5 Å². The van der Waals surface area contributed by atoms with Crippen LogP contribution in [0.15, 0.2) is 74.9 Å². The van der Waals surface area contributed by atoms with Crippen LogP contribution in [0.5, 0.6) is 0 Å². The summed E-state index contributed by atoms with van der Waals surface area (Å²) in [6, 6.07) is 8.81. The van der Waals surface area contributed by atoms with Crippen LogP contribution in [0.2, 0.25) is 0 Å². The van der Waals surface area contributed by atoms with E-state index in [0.717, 1.165) is 19.5 Å². The number of rotatable bonds is 8. The molecule has 30 heavy (non-hydrogen) atoms. The van der Waals surface area contributed by atoms with E-state index in [1.54, 1.807) is 0 Å². The van der Waals surface area contributed by atoms with Crippen LogP contribution in [0.1, 0.15) is 72.3 Å². The van der Waals surface area contributed by atoms with Gasteiger partial charge >= 0.3 is 0 Å². The average molecular weight is 415 g/mol. The first kappa shape index (κ1) is 32.6. The van der Waals surface area contributed by atoms with E-state index in [1.165, 1.54) is 42.5 Å². The Hall–Kier alpha value is -2.06. The van der Waals surface area contributed by atoms with Gasteiger partial charge in [0.05, 0.1) is 0 Å². The zero-order chi connectivity index (χ0) is 23.8. The van der Waals surface area contributed by atoms with Gasteiger partial charge in [-0.25, -0.2) is 0 Å². The van der Waals surface area contributed by atoms with Gasteiger partial charge in [0.1, 0.15) is 0 Å². The number of hydrogen-bond acceptors (Lipinski definition) is 2. The van der Waals surface area contributed by atoms with E-state index in [4.69, 9.17) is 0 Å². The fraction of sp³-hybridized carbons (Fsp3) is 0.500. The molecule has 2 heteroatoms. The Bertz CT molecular complexity index is 535. The largest absolute Gasteiger partial charge is 0.384 e. The second-order valence-corrected chi connectivity index (χ2v) is 6.65. The molecule has 0 amide bonds. The molecule has 0 fully saturated rings. The van der Waals surface area contributed by atoms with Gasteiger partial charge in [-0.2, -0.15) is 0 Å². The number of fused-ring (bicyclic) bond motifs is 1. The third-order valence-electron chi connectivity index (χ3n) is 4.83. The van der Waals surface area contributed by atoms with Crippen molar-refractivity contribution in [3.05, 3.63) is 80.4 Å². The van der Waals surface area contributed by atoms with E-state index in [9.17, 15) is 0 Å². The number of unbranched alkanes of at least 4 members (excludes halogenated alkanes) is 1. The lowest BCUT2D eigenvalue weighted by Gasteiger charge is -2.29. The van der Waals surface area contributed by atoms with Gasteiger partial charge in [-0.3, -0.25) is 0 Å². The minimum Gasteiger partial charge on any atom is -0.384 e. The Kier molecular flexibility index (Phi) is 25.2. The van der Waals surface area contributed by atoms with Crippen molar-refractivity contribution in [3.8, 4) is 0 Å². The van der Waals surface area contributed by atoms with Crippen LogP contribution in [0.3, 0.4) is 0 Å². The van der Waals surface area contributed by atoms with E-state index in [-0.39, 0.29) is 0 Å². The molecule has 2 rings (SSSR count). The molecule has 1 aromatic rings. The fourth-order valence-corrected chi connectivity index (χ4v) is 3.26. The SMILES string of the molecule is C=C.C=C.C=C(/C=C\C)CC.CC.CCCCC1(CCNC)CNc2ccccc21. The van der Waals surface area contributed by atoms with Crippen molar-refractivity contribution in [1.82, 2.24) is 5.32 Å². The maximum Gasteiger partial charge on any atom is 0.0379 e. The molecule has 0 spiro atoms. The Morgan fingerprint density at radius 3 is 2.17 bits per heavy atom. The monoisotopic (exact) mass is 414 g/mol. The molecule has 1 atom stereocenters. The summed E-state index contributed by atoms with van der Waals surface area (Å²) in [7, 11) is 2.04. The molecule has 0 saturated carbocycles. The molecular formula is C28H50N2. The van der Waals surface area contributed by atoms with Crippen LogP contribution in [0.4, 0.5) is 5.69 Å². The Morgan fingerprint density at radius 2 is 1.70 bits per heavy atom. The Balaban J connectivity index is -0.000000473. The van der Waals surface area contributed by atoms with Gasteiger partial charge in [0.15, 0.2) is 0 Å². The van der Waals surface area contributed by atoms with Gasteiger partial charge in [-0.1, -0.05) is 83.0 Å². The third-order valence-corrected chi connectivity index (χ3v) is 4.83. The maximum atomic E-state index is 3.78. The number of allylic oxidation sites excluding steroid dienone is 3. The molecular weight excluding hydrogens is 364 g/mol. The second kappa shape index (κ2) is 23.2. The highest BCUT2D eigenvalue weighted by atomic mass is 14.9. The van der Waals surface area contributed by atoms with Crippen LogP contribution >= 0.6 is 0 Å². The molecule has 1 aliphatic rings. The number of anilines is 1. The molecule has 0 aromatic heterocycles. The zero-order valence-electron chi connectivity index (χ0n) is 20.9. The molecule has 0 saturated heterocycles. The smallest absolute Gasteiger partial charge is 0.0379 e. The van der Waals surface area contributed by atoms with Crippen LogP contribution in [-0.2, 0) is 5.41 Å². The van der Waals surface area contributed by atoms with Gasteiger partial charge in [0.2, 0.25) is 0 Å². The summed E-state index contributed by atoms with van der Waals surface area (Å²) in [5.74, 6) is 0. The van der Waals surface area contributed by atoms with Crippen molar-refractivity contribution < 1.29 is 0 Å². The van der Waals surface area contributed by atoms with Gasteiger partial charge in [0.25, 0.3) is 0 Å². The molecule has 0 bridgehead atoms. The first-order valence-corrected chi connectivity index (χ1v) is 11.4. The molecule has 1 unspecified atom stereocenters. The summed E-state index contributed by atoms with van der Waals surface area (Å²) in [6.45, 7) is 28.4. The van der Waals surface area contributed by atoms with Crippen molar-refractivity contribution in [1.29, 1.82) is 0 Å². The summed E-state index contributed by atoms with van der Waals surface area (Å²) in [6.07, 6.45) is 10.2. The molecule has 2 nitrogen and oxygen atoms in total. The minimum atomic E-state index is 0.357. The average Bonchev–Trinajstić information content (AvgIpc) is 3.20. The highest BCUT2D eigenvalue weighted by molar-refractivity contribution is 5.60. The van der Waals surface area contributed by atoms with E-state index in [1.807, 2.05) is 40.0 Å². The summed E-state index contributed by atoms with van der Waals surface area (Å²) in [5, 5.41) is 6.88. The molecule has 0 radical (unpaired) electrons. The normalized spacial score (nSPS) is 15.4. The minimum absolute atomic E-state index is 0.357. The highest BCUT2D eigenvalue weighted by Crippen LogP contribution is 2.42. The van der Waals surface area contributed by atoms with Crippen molar-refractivity contribution >= 4 is 5.69 Å². The van der Waals surface area contributed by atoms with Crippen molar-refractivity contribution in [2.45, 2.75) is 72.1 Å². The standard InChI is InChI=1S/C15H24N2.C7H12.C2H6.2C2H4/c1-3-4-9-15(10-11-16-2)12-17-14-8-6-5-7-13(14)15;1-4-6-7(3)5-2;3*1-2/h5-8,16-17H,3-4,9-12H2,1-2H3;4,6H,3,5H2,1-2H3;1-2H3;2*1-2H2/b;6-4-;;;. The van der Waals surface area contributed by atoms with Crippen molar-refractivity contribution in [3.63, 3.8) is 0 Å². The van der Waals surface area contributed by atoms with E-state index in [0.29, 0.717) is 5.41 Å². The molecule has 172 valence electrons. The summed E-state index contributed by atoms with van der Waals surface area (Å²) < 4.78 is 0.